The Balaban J connectivity index is 2.33. The number of aliphatic hydroxyl groups is 1. The van der Waals surface area contributed by atoms with E-state index in [0.29, 0.717) is 6.04 Å². The van der Waals surface area contributed by atoms with Gasteiger partial charge in [-0.15, -0.1) is 12.3 Å². The van der Waals surface area contributed by atoms with Gasteiger partial charge in [-0.1, -0.05) is 6.42 Å². The minimum atomic E-state index is -0.178. The Hall–Kier alpha value is -0.520. The van der Waals surface area contributed by atoms with Gasteiger partial charge in [0.2, 0.25) is 0 Å². The topological polar surface area (TPSA) is 23.5 Å². The Morgan fingerprint density at radius 3 is 3.00 bits per heavy atom. The van der Waals surface area contributed by atoms with Crippen molar-refractivity contribution in [2.24, 2.45) is 0 Å². The van der Waals surface area contributed by atoms with E-state index in [0.717, 1.165) is 25.8 Å². The zero-order valence-electron chi connectivity index (χ0n) is 9.78. The van der Waals surface area contributed by atoms with Crippen molar-refractivity contribution in [2.75, 3.05) is 13.1 Å². The summed E-state index contributed by atoms with van der Waals surface area (Å²) in [6, 6.07) is 0.580. The fourth-order valence-corrected chi connectivity index (χ4v) is 2.40. The number of terminal acetylenes is 1. The highest BCUT2D eigenvalue weighted by Gasteiger charge is 2.22. The first kappa shape index (κ1) is 12.5. The van der Waals surface area contributed by atoms with Gasteiger partial charge < -0.3 is 10.0 Å². The normalized spacial score (nSPS) is 24.7. The van der Waals surface area contributed by atoms with Crippen LogP contribution in [0.15, 0.2) is 0 Å². The van der Waals surface area contributed by atoms with Crippen molar-refractivity contribution >= 4 is 0 Å². The summed E-state index contributed by atoms with van der Waals surface area (Å²) in [5, 5.41) is 9.43. The predicted molar refractivity (Wildman–Crippen MR) is 63.6 cm³/mol. The Labute approximate surface area is 93.7 Å². The van der Waals surface area contributed by atoms with Crippen molar-refractivity contribution in [1.82, 2.24) is 4.90 Å². The van der Waals surface area contributed by atoms with Crippen molar-refractivity contribution in [3.63, 3.8) is 0 Å². The fourth-order valence-electron chi connectivity index (χ4n) is 2.40. The van der Waals surface area contributed by atoms with Crippen molar-refractivity contribution in [2.45, 2.75) is 57.6 Å². The molecule has 2 unspecified atom stereocenters. The Kier molecular flexibility index (Phi) is 5.75. The van der Waals surface area contributed by atoms with Crippen LogP contribution in [0.2, 0.25) is 0 Å². The molecule has 0 aromatic heterocycles. The minimum Gasteiger partial charge on any atom is -0.393 e. The molecule has 2 heteroatoms. The molecular formula is C13H23NO. The molecule has 0 aliphatic carbocycles. The summed E-state index contributed by atoms with van der Waals surface area (Å²) in [7, 11) is 0. The third-order valence-electron chi connectivity index (χ3n) is 3.13. The van der Waals surface area contributed by atoms with Crippen LogP contribution in [0.3, 0.4) is 0 Å². The van der Waals surface area contributed by atoms with Gasteiger partial charge in [-0.25, -0.2) is 0 Å². The summed E-state index contributed by atoms with van der Waals surface area (Å²) in [5.74, 6) is 2.69. The van der Waals surface area contributed by atoms with Crippen LogP contribution in [0.5, 0.6) is 0 Å². The average molecular weight is 209 g/mol. The van der Waals surface area contributed by atoms with E-state index in [1.54, 1.807) is 0 Å². The van der Waals surface area contributed by atoms with Crippen LogP contribution in [-0.4, -0.2) is 35.2 Å². The first-order valence-electron chi connectivity index (χ1n) is 6.09. The monoisotopic (exact) mass is 209 g/mol. The maximum atomic E-state index is 9.43. The van der Waals surface area contributed by atoms with Gasteiger partial charge in [0.15, 0.2) is 0 Å². The van der Waals surface area contributed by atoms with E-state index < -0.39 is 0 Å². The zero-order valence-corrected chi connectivity index (χ0v) is 9.78. The van der Waals surface area contributed by atoms with Gasteiger partial charge in [0.25, 0.3) is 0 Å². The maximum absolute atomic E-state index is 9.43. The van der Waals surface area contributed by atoms with E-state index in [1.165, 1.54) is 25.8 Å². The Morgan fingerprint density at radius 1 is 1.53 bits per heavy atom. The molecule has 1 rings (SSSR count). The van der Waals surface area contributed by atoms with Crippen LogP contribution in [0.25, 0.3) is 0 Å². The van der Waals surface area contributed by atoms with Gasteiger partial charge in [-0.05, 0) is 45.7 Å². The van der Waals surface area contributed by atoms with Gasteiger partial charge in [0.05, 0.1) is 6.10 Å². The number of nitrogens with zero attached hydrogens (tertiary/aromatic N) is 1. The lowest BCUT2D eigenvalue weighted by Gasteiger charge is -2.36. The van der Waals surface area contributed by atoms with Crippen LogP contribution in [0.4, 0.5) is 0 Å². The fraction of sp³-hybridized carbons (Fsp3) is 0.846. The molecule has 1 saturated heterocycles. The SMILES string of the molecule is C#CCCCN1CCCCC1CC(C)O. The van der Waals surface area contributed by atoms with E-state index in [4.69, 9.17) is 6.42 Å². The predicted octanol–water partition coefficient (Wildman–Crippen LogP) is 2.03. The third kappa shape index (κ3) is 4.68. The van der Waals surface area contributed by atoms with Crippen LogP contribution >= 0.6 is 0 Å². The zero-order chi connectivity index (χ0) is 11.1. The second-order valence-corrected chi connectivity index (χ2v) is 4.58. The molecule has 1 fully saturated rings. The molecule has 15 heavy (non-hydrogen) atoms. The van der Waals surface area contributed by atoms with Gasteiger partial charge in [0, 0.05) is 12.5 Å². The van der Waals surface area contributed by atoms with E-state index in [-0.39, 0.29) is 6.10 Å². The smallest absolute Gasteiger partial charge is 0.0527 e. The molecule has 0 spiro atoms. The van der Waals surface area contributed by atoms with Gasteiger partial charge in [0.1, 0.15) is 0 Å². The standard InChI is InChI=1S/C13H23NO/c1-3-4-6-9-14-10-7-5-8-13(14)11-12(2)15/h1,12-13,15H,4-11H2,2H3. The minimum absolute atomic E-state index is 0.178. The van der Waals surface area contributed by atoms with E-state index in [1.807, 2.05) is 6.92 Å². The summed E-state index contributed by atoms with van der Waals surface area (Å²) >= 11 is 0. The number of piperidine rings is 1. The lowest BCUT2D eigenvalue weighted by Crippen LogP contribution is -2.41. The molecular weight excluding hydrogens is 186 g/mol. The summed E-state index contributed by atoms with van der Waals surface area (Å²) < 4.78 is 0. The summed E-state index contributed by atoms with van der Waals surface area (Å²) in [6.45, 7) is 4.16. The van der Waals surface area contributed by atoms with Gasteiger partial charge >= 0.3 is 0 Å². The largest absolute Gasteiger partial charge is 0.393 e. The van der Waals surface area contributed by atoms with Crippen molar-refractivity contribution in [3.05, 3.63) is 0 Å². The molecule has 2 atom stereocenters. The third-order valence-corrected chi connectivity index (χ3v) is 3.13. The van der Waals surface area contributed by atoms with Gasteiger partial charge in [-0.2, -0.15) is 0 Å². The molecule has 1 aliphatic rings. The average Bonchev–Trinajstić information content (AvgIpc) is 2.20. The second kappa shape index (κ2) is 6.87. The van der Waals surface area contributed by atoms with Crippen molar-refractivity contribution in [1.29, 1.82) is 0 Å². The molecule has 1 heterocycles. The lowest BCUT2D eigenvalue weighted by molar-refractivity contribution is 0.0864. The highest BCUT2D eigenvalue weighted by atomic mass is 16.3. The molecule has 1 N–H and O–H groups in total. The number of hydrogen-bond acceptors (Lipinski definition) is 2. The van der Waals surface area contributed by atoms with Gasteiger partial charge in [-0.3, -0.25) is 0 Å². The second-order valence-electron chi connectivity index (χ2n) is 4.58. The summed E-state index contributed by atoms with van der Waals surface area (Å²) in [6.07, 6.45) is 11.8. The van der Waals surface area contributed by atoms with Crippen LogP contribution in [0.1, 0.15) is 45.4 Å². The van der Waals surface area contributed by atoms with E-state index in [9.17, 15) is 5.11 Å². The molecule has 0 radical (unpaired) electrons. The molecule has 0 bridgehead atoms. The quantitative estimate of drug-likeness (QED) is 0.553. The molecule has 0 saturated carbocycles. The number of hydrogen-bond donors (Lipinski definition) is 1. The molecule has 2 nitrogen and oxygen atoms in total. The Morgan fingerprint density at radius 2 is 2.33 bits per heavy atom. The van der Waals surface area contributed by atoms with E-state index in [2.05, 4.69) is 10.8 Å². The highest BCUT2D eigenvalue weighted by Crippen LogP contribution is 2.21. The van der Waals surface area contributed by atoms with Crippen molar-refractivity contribution in [3.8, 4) is 12.3 Å². The number of likely N-dealkylation sites (tertiary alicyclic amines) is 1. The first-order valence-corrected chi connectivity index (χ1v) is 6.09. The molecule has 0 aromatic rings. The molecule has 86 valence electrons. The summed E-state index contributed by atoms with van der Waals surface area (Å²) in [5.41, 5.74) is 0. The van der Waals surface area contributed by atoms with Crippen LogP contribution in [0, 0.1) is 12.3 Å². The summed E-state index contributed by atoms with van der Waals surface area (Å²) in [4.78, 5) is 2.51. The number of rotatable bonds is 5. The molecule has 0 aromatic carbocycles. The number of aliphatic hydroxyl groups excluding tert-OH is 1. The number of unbranched alkanes of at least 4 members (excludes halogenated alkanes) is 1. The maximum Gasteiger partial charge on any atom is 0.0527 e. The molecule has 0 amide bonds. The first-order chi connectivity index (χ1) is 7.24. The van der Waals surface area contributed by atoms with Crippen LogP contribution in [-0.2, 0) is 0 Å². The van der Waals surface area contributed by atoms with Crippen molar-refractivity contribution < 1.29 is 5.11 Å². The van der Waals surface area contributed by atoms with Crippen LogP contribution < -0.4 is 0 Å². The molecule has 1 aliphatic heterocycles. The van der Waals surface area contributed by atoms with E-state index >= 15 is 0 Å². The lowest BCUT2D eigenvalue weighted by atomic mass is 9.97. The highest BCUT2D eigenvalue weighted by molar-refractivity contribution is 4.85. The Bertz CT molecular complexity index is 207.